The Morgan fingerprint density at radius 2 is 1.83 bits per heavy atom. The van der Waals surface area contributed by atoms with E-state index in [1.807, 2.05) is 6.20 Å². The van der Waals surface area contributed by atoms with Crippen LogP contribution in [0.25, 0.3) is 0 Å². The molecule has 1 heterocycles. The Hall–Kier alpha value is -3.30. The van der Waals surface area contributed by atoms with Gasteiger partial charge in [0.2, 0.25) is 0 Å². The lowest BCUT2D eigenvalue weighted by molar-refractivity contribution is 0.0411. The van der Waals surface area contributed by atoms with Crippen LogP contribution in [0.3, 0.4) is 0 Å². The molecular weight excluding hydrogens is 526 g/mol. The van der Waals surface area contributed by atoms with Crippen molar-refractivity contribution in [2.75, 3.05) is 6.54 Å². The normalized spacial score (nSPS) is 18.9. The molecule has 0 spiro atoms. The standard InChI is InChI=1S/C32H42F2N4O3/c1-30(2,3)22-8-7-9-23(15-22)32(11-10-26-21(17-32)18-36-38-26)35-19-28(39)27(37-29(40)41-31(4,5)6)14-20-12-24(33)16-25(34)13-20/h7-9,12-13,15-16,18,27-28,35,39H,10-11,14,17,19H2,1-6H3,(H,36,38)(H,37,40). The molecule has 4 rings (SSSR count). The van der Waals surface area contributed by atoms with E-state index in [2.05, 4.69) is 65.9 Å². The molecule has 2 aromatic carbocycles. The number of aliphatic hydroxyl groups is 1. The molecule has 41 heavy (non-hydrogen) atoms. The molecule has 9 heteroatoms. The largest absolute Gasteiger partial charge is 0.444 e. The maximum absolute atomic E-state index is 14.0. The van der Waals surface area contributed by atoms with E-state index in [9.17, 15) is 18.7 Å². The third kappa shape index (κ3) is 7.92. The van der Waals surface area contributed by atoms with Crippen molar-refractivity contribution in [3.05, 3.63) is 88.2 Å². The van der Waals surface area contributed by atoms with E-state index >= 15 is 0 Å². The molecule has 222 valence electrons. The van der Waals surface area contributed by atoms with Crippen molar-refractivity contribution in [2.45, 2.75) is 95.9 Å². The fourth-order valence-electron chi connectivity index (χ4n) is 5.41. The molecule has 3 aromatic rings. The minimum Gasteiger partial charge on any atom is -0.444 e. The molecule has 0 saturated carbocycles. The Morgan fingerprint density at radius 1 is 1.12 bits per heavy atom. The third-order valence-corrected chi connectivity index (χ3v) is 7.58. The van der Waals surface area contributed by atoms with Crippen molar-refractivity contribution in [1.29, 1.82) is 0 Å². The number of aromatic amines is 1. The second-order valence-electron chi connectivity index (χ2n) is 13.1. The average molecular weight is 569 g/mol. The zero-order valence-corrected chi connectivity index (χ0v) is 24.8. The lowest BCUT2D eigenvalue weighted by atomic mass is 9.74. The van der Waals surface area contributed by atoms with Gasteiger partial charge in [-0.1, -0.05) is 45.0 Å². The summed E-state index contributed by atoms with van der Waals surface area (Å²) in [7, 11) is 0. The minimum absolute atomic E-state index is 0.00908. The molecule has 3 atom stereocenters. The van der Waals surface area contributed by atoms with Gasteiger partial charge in [0, 0.05) is 23.8 Å². The Morgan fingerprint density at radius 3 is 2.49 bits per heavy atom. The molecule has 3 unspecified atom stereocenters. The molecular formula is C32H42F2N4O3. The number of benzene rings is 2. The number of fused-ring (bicyclic) bond motifs is 1. The monoisotopic (exact) mass is 568 g/mol. The van der Waals surface area contributed by atoms with E-state index in [1.165, 1.54) is 17.7 Å². The van der Waals surface area contributed by atoms with Crippen LogP contribution in [0.1, 0.15) is 75.9 Å². The van der Waals surface area contributed by atoms with E-state index in [4.69, 9.17) is 4.74 Å². The summed E-state index contributed by atoms with van der Waals surface area (Å²) in [6, 6.07) is 10.8. The number of halogens is 2. The molecule has 0 fully saturated rings. The molecule has 0 radical (unpaired) electrons. The fourth-order valence-corrected chi connectivity index (χ4v) is 5.41. The van der Waals surface area contributed by atoms with Crippen LogP contribution in [0, 0.1) is 11.6 Å². The number of aryl methyl sites for hydroxylation is 1. The van der Waals surface area contributed by atoms with Gasteiger partial charge in [0.05, 0.1) is 18.3 Å². The topological polar surface area (TPSA) is 99.3 Å². The number of alkyl carbamates (subject to hydrolysis) is 1. The number of H-pyrrole nitrogens is 1. The minimum atomic E-state index is -1.10. The molecule has 4 N–H and O–H groups in total. The maximum atomic E-state index is 14.0. The average Bonchev–Trinajstić information content (AvgIpc) is 3.32. The van der Waals surface area contributed by atoms with Crippen LogP contribution in [0.5, 0.6) is 0 Å². The highest BCUT2D eigenvalue weighted by Gasteiger charge is 2.38. The van der Waals surface area contributed by atoms with Crippen LogP contribution in [0.4, 0.5) is 13.6 Å². The van der Waals surface area contributed by atoms with Gasteiger partial charge in [0.25, 0.3) is 0 Å². The molecule has 0 aliphatic heterocycles. The van der Waals surface area contributed by atoms with Gasteiger partial charge in [-0.3, -0.25) is 5.10 Å². The van der Waals surface area contributed by atoms with Crippen LogP contribution in [-0.2, 0) is 35.0 Å². The van der Waals surface area contributed by atoms with Crippen LogP contribution < -0.4 is 10.6 Å². The summed E-state index contributed by atoms with van der Waals surface area (Å²) in [5.41, 5.74) is 3.53. The summed E-state index contributed by atoms with van der Waals surface area (Å²) in [6.45, 7) is 11.9. The summed E-state index contributed by atoms with van der Waals surface area (Å²) in [5, 5.41) is 25.2. The van der Waals surface area contributed by atoms with E-state index in [1.54, 1.807) is 20.8 Å². The Bertz CT molecular complexity index is 1340. The Labute approximate surface area is 241 Å². The first-order chi connectivity index (χ1) is 19.1. The molecule has 1 amide bonds. The number of amides is 1. The van der Waals surface area contributed by atoms with E-state index in [0.717, 1.165) is 35.7 Å². The number of carbonyl (C=O) groups is 1. The number of hydrogen-bond donors (Lipinski definition) is 4. The van der Waals surface area contributed by atoms with Gasteiger partial charge >= 0.3 is 6.09 Å². The Kier molecular flexibility index (Phi) is 8.90. The van der Waals surface area contributed by atoms with Crippen LogP contribution in [-0.4, -0.2) is 45.7 Å². The molecule has 0 saturated heterocycles. The lowest BCUT2D eigenvalue weighted by Gasteiger charge is -2.40. The zero-order valence-electron chi connectivity index (χ0n) is 24.8. The zero-order chi connectivity index (χ0) is 30.0. The smallest absolute Gasteiger partial charge is 0.407 e. The van der Waals surface area contributed by atoms with E-state index in [0.29, 0.717) is 12.0 Å². The summed E-state index contributed by atoms with van der Waals surface area (Å²) in [4.78, 5) is 12.7. The molecule has 1 aliphatic carbocycles. The van der Waals surface area contributed by atoms with Crippen molar-refractivity contribution in [3.63, 3.8) is 0 Å². The number of rotatable bonds is 8. The molecule has 1 aromatic heterocycles. The SMILES string of the molecule is CC(C)(C)OC(=O)NC(Cc1cc(F)cc(F)c1)C(O)CNC1(c2cccc(C(C)(C)C)c2)CCc2[nH]ncc2C1. The second kappa shape index (κ2) is 11.9. The first-order valence-corrected chi connectivity index (χ1v) is 14.1. The number of hydrogen-bond acceptors (Lipinski definition) is 5. The Balaban J connectivity index is 1.61. The van der Waals surface area contributed by atoms with E-state index in [-0.39, 0.29) is 18.4 Å². The summed E-state index contributed by atoms with van der Waals surface area (Å²) in [5.74, 6) is -1.45. The van der Waals surface area contributed by atoms with Crippen molar-refractivity contribution in [3.8, 4) is 0 Å². The van der Waals surface area contributed by atoms with Gasteiger partial charge in [0.15, 0.2) is 0 Å². The summed E-state index contributed by atoms with van der Waals surface area (Å²) < 4.78 is 33.4. The number of ether oxygens (including phenoxy) is 1. The van der Waals surface area contributed by atoms with Gasteiger partial charge in [-0.05, 0) is 86.3 Å². The van der Waals surface area contributed by atoms with Gasteiger partial charge < -0.3 is 20.5 Å². The van der Waals surface area contributed by atoms with Crippen LogP contribution in [0.2, 0.25) is 0 Å². The first-order valence-electron chi connectivity index (χ1n) is 14.1. The number of carbonyl (C=O) groups excluding carboxylic acids is 1. The lowest BCUT2D eigenvalue weighted by Crippen LogP contribution is -2.54. The highest BCUT2D eigenvalue weighted by atomic mass is 19.1. The fraction of sp³-hybridized carbons (Fsp3) is 0.500. The van der Waals surface area contributed by atoms with E-state index < -0.39 is 41.0 Å². The molecule has 0 bridgehead atoms. The van der Waals surface area contributed by atoms with Crippen LogP contribution in [0.15, 0.2) is 48.7 Å². The first kappa shape index (κ1) is 30.7. The van der Waals surface area contributed by atoms with Crippen molar-refractivity contribution < 1.29 is 23.4 Å². The third-order valence-electron chi connectivity index (χ3n) is 7.58. The highest BCUT2D eigenvalue weighted by molar-refractivity contribution is 5.68. The maximum Gasteiger partial charge on any atom is 0.407 e. The van der Waals surface area contributed by atoms with Crippen molar-refractivity contribution in [2.24, 2.45) is 0 Å². The number of nitrogens with zero attached hydrogens (tertiary/aromatic N) is 1. The van der Waals surface area contributed by atoms with Crippen molar-refractivity contribution in [1.82, 2.24) is 20.8 Å². The quantitative estimate of drug-likeness (QED) is 0.289. The predicted molar refractivity (Wildman–Crippen MR) is 155 cm³/mol. The number of aromatic nitrogens is 2. The molecule has 1 aliphatic rings. The number of nitrogens with one attached hydrogen (secondary N) is 3. The summed E-state index contributed by atoms with van der Waals surface area (Å²) in [6.07, 6.45) is 2.25. The number of aliphatic hydroxyl groups excluding tert-OH is 1. The van der Waals surface area contributed by atoms with Gasteiger partial charge in [-0.2, -0.15) is 5.10 Å². The molecule has 7 nitrogen and oxygen atoms in total. The van der Waals surface area contributed by atoms with Gasteiger partial charge in [0.1, 0.15) is 17.2 Å². The van der Waals surface area contributed by atoms with Crippen molar-refractivity contribution >= 4 is 6.09 Å². The van der Waals surface area contributed by atoms with Gasteiger partial charge in [-0.15, -0.1) is 0 Å². The van der Waals surface area contributed by atoms with Gasteiger partial charge in [-0.25, -0.2) is 13.6 Å². The predicted octanol–water partition coefficient (Wildman–Crippen LogP) is 5.46. The van der Waals surface area contributed by atoms with Crippen LogP contribution >= 0.6 is 0 Å². The summed E-state index contributed by atoms with van der Waals surface area (Å²) >= 11 is 0. The second-order valence-corrected chi connectivity index (χ2v) is 13.1. The highest BCUT2D eigenvalue weighted by Crippen LogP contribution is 2.37.